The molecule has 0 fully saturated rings. The van der Waals surface area contributed by atoms with Crippen LogP contribution in [0.1, 0.15) is 51.5 Å². The first kappa shape index (κ1) is 14.6. The van der Waals surface area contributed by atoms with Gasteiger partial charge >= 0.3 is 0 Å². The predicted molar refractivity (Wildman–Crippen MR) is 81.3 cm³/mol. The second-order valence-corrected chi connectivity index (χ2v) is 5.30. The van der Waals surface area contributed by atoms with Gasteiger partial charge in [-0.3, -0.25) is 4.79 Å². The lowest BCUT2D eigenvalue weighted by molar-refractivity contribution is -0.118. The summed E-state index contributed by atoms with van der Waals surface area (Å²) in [7, 11) is 0. The van der Waals surface area contributed by atoms with E-state index in [1.54, 1.807) is 0 Å². The van der Waals surface area contributed by atoms with Crippen LogP contribution in [-0.2, 0) is 4.79 Å². The summed E-state index contributed by atoms with van der Waals surface area (Å²) in [6.45, 7) is 2.20. The Morgan fingerprint density at radius 2 is 2.10 bits per heavy atom. The number of nitrogens with zero attached hydrogens (tertiary/aromatic N) is 2. The lowest BCUT2D eigenvalue weighted by Gasteiger charge is -2.19. The highest BCUT2D eigenvalue weighted by Gasteiger charge is 2.14. The molecule has 0 saturated heterocycles. The van der Waals surface area contributed by atoms with Gasteiger partial charge in [-0.1, -0.05) is 38.3 Å². The summed E-state index contributed by atoms with van der Waals surface area (Å²) in [5.41, 5.74) is 7.44. The number of amides is 1. The number of nitrogens with two attached hydrogens (primary N) is 1. The number of aromatic nitrogens is 2. The smallest absolute Gasteiger partial charge is 0.217 e. The van der Waals surface area contributed by atoms with E-state index >= 15 is 0 Å². The van der Waals surface area contributed by atoms with Crippen LogP contribution >= 0.6 is 0 Å². The molecule has 0 bridgehead atoms. The van der Waals surface area contributed by atoms with E-state index in [0.717, 1.165) is 23.9 Å². The van der Waals surface area contributed by atoms with E-state index in [4.69, 9.17) is 5.73 Å². The molecule has 4 heteroatoms. The van der Waals surface area contributed by atoms with E-state index in [0.29, 0.717) is 12.5 Å². The minimum atomic E-state index is -0.227. The van der Waals surface area contributed by atoms with Crippen LogP contribution in [-0.4, -0.2) is 15.5 Å². The Labute approximate surface area is 120 Å². The van der Waals surface area contributed by atoms with Crippen molar-refractivity contribution in [1.29, 1.82) is 0 Å². The van der Waals surface area contributed by atoms with Crippen LogP contribution in [0.4, 0.5) is 0 Å². The molecule has 1 unspecified atom stereocenters. The van der Waals surface area contributed by atoms with E-state index in [1.807, 2.05) is 24.5 Å². The van der Waals surface area contributed by atoms with Gasteiger partial charge in [-0.15, -0.1) is 0 Å². The van der Waals surface area contributed by atoms with Crippen LogP contribution in [0.15, 0.2) is 30.6 Å². The molecule has 0 aliphatic carbocycles. The molecule has 108 valence electrons. The average Bonchev–Trinajstić information content (AvgIpc) is 2.86. The van der Waals surface area contributed by atoms with Crippen molar-refractivity contribution < 1.29 is 4.79 Å². The first-order chi connectivity index (χ1) is 9.72. The number of para-hydroxylation sites is 2. The fraction of sp³-hybridized carbons (Fsp3) is 0.500. The third-order valence-electron chi connectivity index (χ3n) is 3.74. The van der Waals surface area contributed by atoms with Crippen molar-refractivity contribution in [1.82, 2.24) is 9.55 Å². The Kier molecular flexibility index (Phi) is 5.16. The largest absolute Gasteiger partial charge is 0.370 e. The summed E-state index contributed by atoms with van der Waals surface area (Å²) in [4.78, 5) is 15.5. The topological polar surface area (TPSA) is 60.9 Å². The maximum Gasteiger partial charge on any atom is 0.217 e. The third-order valence-corrected chi connectivity index (χ3v) is 3.74. The van der Waals surface area contributed by atoms with Crippen LogP contribution in [0.3, 0.4) is 0 Å². The third kappa shape index (κ3) is 3.59. The SMILES string of the molecule is CCCCCC(CCC(N)=O)n1cnc2ccccc21. The van der Waals surface area contributed by atoms with Crippen molar-refractivity contribution in [3.63, 3.8) is 0 Å². The highest BCUT2D eigenvalue weighted by molar-refractivity contribution is 5.75. The summed E-state index contributed by atoms with van der Waals surface area (Å²) in [6, 6.07) is 8.43. The molecule has 2 N–H and O–H groups in total. The Morgan fingerprint density at radius 3 is 2.85 bits per heavy atom. The van der Waals surface area contributed by atoms with Crippen LogP contribution in [0.5, 0.6) is 0 Å². The number of carbonyl (C=O) groups is 1. The molecule has 0 saturated carbocycles. The molecule has 20 heavy (non-hydrogen) atoms. The molecule has 1 aromatic heterocycles. The minimum Gasteiger partial charge on any atom is -0.370 e. The zero-order valence-electron chi connectivity index (χ0n) is 12.1. The Morgan fingerprint density at radius 1 is 1.30 bits per heavy atom. The van der Waals surface area contributed by atoms with Crippen molar-refractivity contribution in [2.75, 3.05) is 0 Å². The van der Waals surface area contributed by atoms with E-state index in [-0.39, 0.29) is 5.91 Å². The monoisotopic (exact) mass is 273 g/mol. The lowest BCUT2D eigenvalue weighted by atomic mass is 10.0. The molecule has 1 amide bonds. The number of carbonyl (C=O) groups excluding carboxylic acids is 1. The standard InChI is InChI=1S/C16H23N3O/c1-2-3-4-7-13(10-11-16(17)20)19-12-18-14-8-5-6-9-15(14)19/h5-6,8-9,12-13H,2-4,7,10-11H2,1H3,(H2,17,20). The van der Waals surface area contributed by atoms with E-state index < -0.39 is 0 Å². The van der Waals surface area contributed by atoms with Gasteiger partial charge in [0.15, 0.2) is 0 Å². The summed E-state index contributed by atoms with van der Waals surface area (Å²) >= 11 is 0. The predicted octanol–water partition coefficient (Wildman–Crippen LogP) is 3.42. The average molecular weight is 273 g/mol. The number of hydrogen-bond donors (Lipinski definition) is 1. The number of rotatable bonds is 8. The Balaban J connectivity index is 2.17. The zero-order valence-corrected chi connectivity index (χ0v) is 12.1. The van der Waals surface area contributed by atoms with Gasteiger partial charge in [0.25, 0.3) is 0 Å². The van der Waals surface area contributed by atoms with Crippen molar-refractivity contribution in [3.8, 4) is 0 Å². The number of fused-ring (bicyclic) bond motifs is 1. The lowest BCUT2D eigenvalue weighted by Crippen LogP contribution is -2.15. The summed E-state index contributed by atoms with van der Waals surface area (Å²) < 4.78 is 2.20. The molecular weight excluding hydrogens is 250 g/mol. The number of primary amides is 1. The first-order valence-electron chi connectivity index (χ1n) is 7.42. The Hall–Kier alpha value is -1.84. The number of benzene rings is 1. The maximum absolute atomic E-state index is 11.1. The van der Waals surface area contributed by atoms with E-state index in [1.165, 1.54) is 19.3 Å². The molecule has 0 radical (unpaired) electrons. The Bertz CT molecular complexity index is 562. The van der Waals surface area contributed by atoms with Crippen molar-refractivity contribution >= 4 is 16.9 Å². The van der Waals surface area contributed by atoms with E-state index in [9.17, 15) is 4.79 Å². The summed E-state index contributed by atoms with van der Waals surface area (Å²) in [5, 5.41) is 0. The van der Waals surface area contributed by atoms with Crippen molar-refractivity contribution in [2.24, 2.45) is 5.73 Å². The van der Waals surface area contributed by atoms with Crippen LogP contribution in [0, 0.1) is 0 Å². The molecule has 2 aromatic rings. The molecule has 0 aliphatic heterocycles. The molecule has 0 aliphatic rings. The highest BCUT2D eigenvalue weighted by Crippen LogP contribution is 2.25. The molecule has 1 aromatic carbocycles. The van der Waals surface area contributed by atoms with Gasteiger partial charge in [0.05, 0.1) is 17.4 Å². The normalized spacial score (nSPS) is 12.7. The van der Waals surface area contributed by atoms with Gasteiger partial charge in [0.2, 0.25) is 5.91 Å². The molecule has 1 heterocycles. The van der Waals surface area contributed by atoms with Crippen LogP contribution < -0.4 is 5.73 Å². The zero-order chi connectivity index (χ0) is 14.4. The van der Waals surface area contributed by atoms with Gasteiger partial charge in [-0.25, -0.2) is 4.98 Å². The highest BCUT2D eigenvalue weighted by atomic mass is 16.1. The van der Waals surface area contributed by atoms with Gasteiger partial charge in [0, 0.05) is 12.5 Å². The quantitative estimate of drug-likeness (QED) is 0.749. The number of unbranched alkanes of at least 4 members (excludes halogenated alkanes) is 2. The fourth-order valence-corrected chi connectivity index (χ4v) is 2.63. The minimum absolute atomic E-state index is 0.227. The number of hydrogen-bond acceptors (Lipinski definition) is 2. The van der Waals surface area contributed by atoms with Crippen LogP contribution in [0.2, 0.25) is 0 Å². The van der Waals surface area contributed by atoms with Crippen molar-refractivity contribution in [3.05, 3.63) is 30.6 Å². The number of imidazole rings is 1. The maximum atomic E-state index is 11.1. The molecule has 1 atom stereocenters. The molecule has 4 nitrogen and oxygen atoms in total. The van der Waals surface area contributed by atoms with Gasteiger partial charge < -0.3 is 10.3 Å². The second-order valence-electron chi connectivity index (χ2n) is 5.30. The van der Waals surface area contributed by atoms with Gasteiger partial charge in [-0.2, -0.15) is 0 Å². The van der Waals surface area contributed by atoms with Gasteiger partial charge in [-0.05, 0) is 25.0 Å². The fourth-order valence-electron chi connectivity index (χ4n) is 2.63. The molecule has 0 spiro atoms. The van der Waals surface area contributed by atoms with E-state index in [2.05, 4.69) is 22.5 Å². The second kappa shape index (κ2) is 7.08. The summed E-state index contributed by atoms with van der Waals surface area (Å²) in [5.74, 6) is -0.227. The van der Waals surface area contributed by atoms with Crippen molar-refractivity contribution in [2.45, 2.75) is 51.5 Å². The van der Waals surface area contributed by atoms with Crippen LogP contribution in [0.25, 0.3) is 11.0 Å². The molecular formula is C16H23N3O. The van der Waals surface area contributed by atoms with Gasteiger partial charge in [0.1, 0.15) is 0 Å². The first-order valence-corrected chi connectivity index (χ1v) is 7.42. The summed E-state index contributed by atoms with van der Waals surface area (Å²) in [6.07, 6.45) is 7.78. The molecule has 2 rings (SSSR count).